The highest BCUT2D eigenvalue weighted by Crippen LogP contribution is 2.45. The lowest BCUT2D eigenvalue weighted by Crippen LogP contribution is -2.30. The molecule has 0 aromatic heterocycles. The van der Waals surface area contributed by atoms with Crippen LogP contribution in [0.3, 0.4) is 0 Å². The van der Waals surface area contributed by atoms with E-state index in [0.29, 0.717) is 5.92 Å². The number of fused-ring (bicyclic) bond motifs is 4. The average Bonchev–Trinajstić information content (AvgIpc) is 2.73. The fourth-order valence-corrected chi connectivity index (χ4v) is 4.91. The van der Waals surface area contributed by atoms with E-state index in [1.54, 1.807) is 6.92 Å². The molecule has 2 heteroatoms. The molecule has 0 bridgehead atoms. The maximum atomic E-state index is 11.9. The van der Waals surface area contributed by atoms with Gasteiger partial charge in [-0.1, -0.05) is 78.9 Å². The first-order valence-corrected chi connectivity index (χ1v) is 9.98. The molecular formula is C26H23NO. The van der Waals surface area contributed by atoms with Gasteiger partial charge in [-0.3, -0.25) is 4.79 Å². The Bertz CT molecular complexity index is 1190. The van der Waals surface area contributed by atoms with Crippen molar-refractivity contribution in [2.75, 3.05) is 0 Å². The number of nitrogens with one attached hydrogen (secondary N) is 1. The highest BCUT2D eigenvalue weighted by atomic mass is 16.1. The lowest BCUT2D eigenvalue weighted by Gasteiger charge is -2.34. The number of benzene rings is 4. The van der Waals surface area contributed by atoms with Crippen LogP contribution < -0.4 is 5.32 Å². The molecule has 5 rings (SSSR count). The smallest absolute Gasteiger partial charge is 0.217 e. The Morgan fingerprint density at radius 3 is 2.21 bits per heavy atom. The highest BCUT2D eigenvalue weighted by Gasteiger charge is 2.30. The van der Waals surface area contributed by atoms with E-state index in [2.05, 4.69) is 84.2 Å². The summed E-state index contributed by atoms with van der Waals surface area (Å²) in [6, 6.07) is 28.3. The molecule has 0 saturated heterocycles. The Hall–Kier alpha value is -3.13. The third kappa shape index (κ3) is 2.77. The second kappa shape index (κ2) is 6.79. The van der Waals surface area contributed by atoms with Crippen LogP contribution in [0.1, 0.15) is 48.4 Å². The summed E-state index contributed by atoms with van der Waals surface area (Å²) in [4.78, 5) is 11.9. The number of amides is 1. The number of hydrogen-bond donors (Lipinski definition) is 1. The van der Waals surface area contributed by atoms with Crippen LogP contribution in [0.2, 0.25) is 0 Å². The van der Waals surface area contributed by atoms with Gasteiger partial charge in [0.05, 0.1) is 6.04 Å². The molecule has 0 radical (unpaired) electrons. The summed E-state index contributed by atoms with van der Waals surface area (Å²) < 4.78 is 0. The lowest BCUT2D eigenvalue weighted by atomic mass is 9.74. The van der Waals surface area contributed by atoms with Gasteiger partial charge >= 0.3 is 0 Å². The summed E-state index contributed by atoms with van der Waals surface area (Å²) >= 11 is 0. The second-order valence-corrected chi connectivity index (χ2v) is 7.74. The van der Waals surface area contributed by atoms with Crippen LogP contribution in [0.5, 0.6) is 0 Å². The zero-order valence-corrected chi connectivity index (χ0v) is 16.0. The van der Waals surface area contributed by atoms with E-state index >= 15 is 0 Å². The highest BCUT2D eigenvalue weighted by molar-refractivity contribution is 5.90. The number of hydrogen-bond acceptors (Lipinski definition) is 1. The maximum absolute atomic E-state index is 11.9. The van der Waals surface area contributed by atoms with Crippen molar-refractivity contribution >= 4 is 27.5 Å². The Morgan fingerprint density at radius 2 is 1.43 bits per heavy atom. The van der Waals surface area contributed by atoms with E-state index < -0.39 is 0 Å². The summed E-state index contributed by atoms with van der Waals surface area (Å²) in [5.74, 6) is 0.378. The van der Waals surface area contributed by atoms with Crippen LogP contribution in [-0.4, -0.2) is 5.91 Å². The van der Waals surface area contributed by atoms with Gasteiger partial charge in [0.15, 0.2) is 0 Å². The average molecular weight is 365 g/mol. The first-order chi connectivity index (χ1) is 13.7. The van der Waals surface area contributed by atoms with E-state index in [9.17, 15) is 4.79 Å². The number of rotatable bonds is 2. The third-order valence-corrected chi connectivity index (χ3v) is 6.05. The van der Waals surface area contributed by atoms with Crippen LogP contribution in [0, 0.1) is 0 Å². The molecule has 0 aliphatic heterocycles. The minimum Gasteiger partial charge on any atom is -0.350 e. The Labute approximate surface area is 165 Å². The Kier molecular flexibility index (Phi) is 4.12. The zero-order valence-electron chi connectivity index (χ0n) is 16.0. The van der Waals surface area contributed by atoms with Crippen molar-refractivity contribution in [2.45, 2.75) is 31.7 Å². The van der Waals surface area contributed by atoms with Gasteiger partial charge in [0.1, 0.15) is 0 Å². The molecule has 4 aromatic rings. The quantitative estimate of drug-likeness (QED) is 0.457. The van der Waals surface area contributed by atoms with Crippen molar-refractivity contribution in [3.8, 4) is 0 Å². The fourth-order valence-electron chi connectivity index (χ4n) is 4.91. The first kappa shape index (κ1) is 17.0. The predicted octanol–water partition coefficient (Wildman–Crippen LogP) is 6.10. The van der Waals surface area contributed by atoms with E-state index in [1.165, 1.54) is 38.2 Å². The van der Waals surface area contributed by atoms with E-state index in [-0.39, 0.29) is 11.9 Å². The molecule has 1 aliphatic carbocycles. The molecule has 1 N–H and O–H groups in total. The SMILES string of the molecule is CC(=O)N[C@H]1CC[C@@H](c2cccc3ccccc23)c2ccc3ccccc3c21. The normalized spacial score (nSPS) is 18.8. The van der Waals surface area contributed by atoms with Gasteiger partial charge in [-0.25, -0.2) is 0 Å². The third-order valence-electron chi connectivity index (χ3n) is 6.05. The summed E-state index contributed by atoms with van der Waals surface area (Å²) in [5, 5.41) is 8.30. The largest absolute Gasteiger partial charge is 0.350 e. The minimum absolute atomic E-state index is 0.0347. The monoisotopic (exact) mass is 365 g/mol. The molecule has 0 fully saturated rings. The van der Waals surface area contributed by atoms with E-state index in [4.69, 9.17) is 0 Å². The summed E-state index contributed by atoms with van der Waals surface area (Å²) in [7, 11) is 0. The molecule has 0 unspecified atom stereocenters. The molecule has 2 nitrogen and oxygen atoms in total. The molecule has 4 aromatic carbocycles. The summed E-state index contributed by atoms with van der Waals surface area (Å²) in [6.45, 7) is 1.61. The van der Waals surface area contributed by atoms with Gasteiger partial charge in [-0.05, 0) is 51.1 Å². The molecule has 138 valence electrons. The molecular weight excluding hydrogens is 342 g/mol. The standard InChI is InChI=1S/C26H23NO/c1-17(28)27-25-16-15-23(22-12-6-9-18-7-2-4-10-20(18)22)24-14-13-19-8-3-5-11-21(19)26(24)25/h2-14,23,25H,15-16H2,1H3,(H,27,28)/t23-,25-/m0/s1. The lowest BCUT2D eigenvalue weighted by molar-refractivity contribution is -0.119. The topological polar surface area (TPSA) is 29.1 Å². The van der Waals surface area contributed by atoms with Crippen molar-refractivity contribution in [2.24, 2.45) is 0 Å². The van der Waals surface area contributed by atoms with Crippen molar-refractivity contribution in [1.82, 2.24) is 5.32 Å². The summed E-state index contributed by atoms with van der Waals surface area (Å²) in [6.07, 6.45) is 1.98. The zero-order chi connectivity index (χ0) is 19.1. The molecule has 1 aliphatic rings. The number of carbonyl (C=O) groups is 1. The van der Waals surface area contributed by atoms with Gasteiger partial charge < -0.3 is 5.32 Å². The van der Waals surface area contributed by atoms with Crippen molar-refractivity contribution in [1.29, 1.82) is 0 Å². The van der Waals surface area contributed by atoms with Crippen LogP contribution in [0.15, 0.2) is 78.9 Å². The van der Waals surface area contributed by atoms with Gasteiger partial charge in [0, 0.05) is 12.8 Å². The maximum Gasteiger partial charge on any atom is 0.217 e. The molecule has 1 amide bonds. The fraction of sp³-hybridized carbons (Fsp3) is 0.192. The summed E-state index contributed by atoms with van der Waals surface area (Å²) in [5.41, 5.74) is 4.02. The second-order valence-electron chi connectivity index (χ2n) is 7.74. The van der Waals surface area contributed by atoms with E-state index in [1.807, 2.05) is 0 Å². The minimum atomic E-state index is 0.0347. The van der Waals surface area contributed by atoms with Gasteiger partial charge in [-0.15, -0.1) is 0 Å². The predicted molar refractivity (Wildman–Crippen MR) is 116 cm³/mol. The first-order valence-electron chi connectivity index (χ1n) is 9.98. The van der Waals surface area contributed by atoms with Gasteiger partial charge in [-0.2, -0.15) is 0 Å². The van der Waals surface area contributed by atoms with Gasteiger partial charge in [0.25, 0.3) is 0 Å². The van der Waals surface area contributed by atoms with Crippen molar-refractivity contribution in [3.05, 3.63) is 95.6 Å². The Morgan fingerprint density at radius 1 is 0.750 bits per heavy atom. The van der Waals surface area contributed by atoms with E-state index in [0.717, 1.165) is 12.8 Å². The molecule has 2 atom stereocenters. The molecule has 0 spiro atoms. The van der Waals surface area contributed by atoms with Crippen LogP contribution in [0.4, 0.5) is 0 Å². The van der Waals surface area contributed by atoms with Crippen molar-refractivity contribution in [3.63, 3.8) is 0 Å². The van der Waals surface area contributed by atoms with Crippen LogP contribution in [0.25, 0.3) is 21.5 Å². The molecule has 0 heterocycles. The molecule has 28 heavy (non-hydrogen) atoms. The Balaban J connectivity index is 1.74. The van der Waals surface area contributed by atoms with Crippen LogP contribution >= 0.6 is 0 Å². The van der Waals surface area contributed by atoms with Crippen LogP contribution in [-0.2, 0) is 4.79 Å². The van der Waals surface area contributed by atoms with Gasteiger partial charge in [0.2, 0.25) is 5.91 Å². The molecule has 0 saturated carbocycles. The number of carbonyl (C=O) groups excluding carboxylic acids is 1. The van der Waals surface area contributed by atoms with Crippen molar-refractivity contribution < 1.29 is 4.79 Å².